The fourth-order valence-electron chi connectivity index (χ4n) is 2.18. The second kappa shape index (κ2) is 5.89. The number of benzene rings is 2. The van der Waals surface area contributed by atoms with Crippen molar-refractivity contribution in [2.75, 3.05) is 0 Å². The minimum Gasteiger partial charge on any atom is -0.211 e. The van der Waals surface area contributed by atoms with Crippen LogP contribution in [0.5, 0.6) is 0 Å². The van der Waals surface area contributed by atoms with Crippen molar-refractivity contribution in [3.8, 4) is 11.1 Å². The molecule has 0 N–H and O–H groups in total. The molecule has 0 amide bonds. The molecule has 4 heteroatoms. The van der Waals surface area contributed by atoms with Gasteiger partial charge in [-0.3, -0.25) is 0 Å². The first kappa shape index (κ1) is 13.6. The molecule has 2 aromatic rings. The van der Waals surface area contributed by atoms with Crippen molar-refractivity contribution in [1.29, 1.82) is 0 Å². The summed E-state index contributed by atoms with van der Waals surface area (Å²) in [5.74, 6) is 0. The number of rotatable bonds is 3. The lowest BCUT2D eigenvalue weighted by Gasteiger charge is -2.11. The van der Waals surface area contributed by atoms with Crippen LogP contribution in [0, 0.1) is 13.8 Å². The van der Waals surface area contributed by atoms with Crippen molar-refractivity contribution in [1.82, 2.24) is 0 Å². The molecule has 0 spiro atoms. The van der Waals surface area contributed by atoms with Crippen LogP contribution in [0.25, 0.3) is 11.1 Å². The number of nitrogens with zero attached hydrogens (tertiary/aromatic N) is 2. The number of aliphatic imine (C=N–C) groups is 2. The van der Waals surface area contributed by atoms with Gasteiger partial charge in [-0.15, -0.1) is 0 Å². The normalized spacial score (nSPS) is 9.50. The van der Waals surface area contributed by atoms with Crippen LogP contribution >= 0.6 is 0 Å². The van der Waals surface area contributed by atoms with Gasteiger partial charge in [-0.1, -0.05) is 30.3 Å². The van der Waals surface area contributed by atoms with E-state index in [9.17, 15) is 9.59 Å². The second-order valence-electron chi connectivity index (χ2n) is 4.33. The van der Waals surface area contributed by atoms with E-state index in [1.165, 1.54) is 12.2 Å². The third-order valence-corrected chi connectivity index (χ3v) is 3.17. The van der Waals surface area contributed by atoms with Crippen molar-refractivity contribution in [3.05, 3.63) is 47.5 Å². The van der Waals surface area contributed by atoms with Crippen molar-refractivity contribution in [3.63, 3.8) is 0 Å². The number of carbonyl (C=O) groups excluding carboxylic acids is 2. The third kappa shape index (κ3) is 2.47. The van der Waals surface area contributed by atoms with E-state index in [2.05, 4.69) is 9.98 Å². The molecule has 2 rings (SSSR count). The van der Waals surface area contributed by atoms with E-state index in [4.69, 9.17) is 0 Å². The van der Waals surface area contributed by atoms with E-state index in [0.29, 0.717) is 11.4 Å². The van der Waals surface area contributed by atoms with Crippen LogP contribution in [0.3, 0.4) is 0 Å². The van der Waals surface area contributed by atoms with Crippen LogP contribution < -0.4 is 0 Å². The lowest BCUT2D eigenvalue weighted by Crippen LogP contribution is -1.87. The Labute approximate surface area is 116 Å². The summed E-state index contributed by atoms with van der Waals surface area (Å²) in [6.45, 7) is 3.84. The Balaban J connectivity index is 2.75. The summed E-state index contributed by atoms with van der Waals surface area (Å²) in [5, 5.41) is 0. The summed E-state index contributed by atoms with van der Waals surface area (Å²) in [5.41, 5.74) is 4.56. The van der Waals surface area contributed by atoms with Gasteiger partial charge in [0, 0.05) is 0 Å². The summed E-state index contributed by atoms with van der Waals surface area (Å²) in [6.07, 6.45) is 2.97. The lowest BCUT2D eigenvalue weighted by molar-refractivity contribution is 0.564. The Morgan fingerprint density at radius 1 is 0.850 bits per heavy atom. The fraction of sp³-hybridized carbons (Fsp3) is 0.125. The molecule has 0 aliphatic rings. The van der Waals surface area contributed by atoms with Gasteiger partial charge in [0.1, 0.15) is 11.4 Å². The summed E-state index contributed by atoms with van der Waals surface area (Å²) < 4.78 is 0. The van der Waals surface area contributed by atoms with E-state index < -0.39 is 0 Å². The summed E-state index contributed by atoms with van der Waals surface area (Å²) in [6, 6.07) is 11.4. The van der Waals surface area contributed by atoms with Crippen LogP contribution in [0.4, 0.5) is 11.4 Å². The first-order valence-electron chi connectivity index (χ1n) is 6.04. The van der Waals surface area contributed by atoms with Gasteiger partial charge in [-0.05, 0) is 42.2 Å². The van der Waals surface area contributed by atoms with Gasteiger partial charge in [0.15, 0.2) is 0 Å². The molecule has 98 valence electrons. The van der Waals surface area contributed by atoms with Gasteiger partial charge in [0.05, 0.1) is 0 Å². The average Bonchev–Trinajstić information content (AvgIpc) is 2.44. The maximum absolute atomic E-state index is 10.6. The zero-order chi connectivity index (χ0) is 14.5. The molecule has 0 saturated carbocycles. The molecule has 0 radical (unpaired) electrons. The molecule has 0 unspecified atom stereocenters. The first-order valence-corrected chi connectivity index (χ1v) is 6.04. The highest BCUT2D eigenvalue weighted by Gasteiger charge is 2.12. The van der Waals surface area contributed by atoms with Crippen LogP contribution in [0.1, 0.15) is 11.1 Å². The molecule has 4 nitrogen and oxygen atoms in total. The summed E-state index contributed by atoms with van der Waals surface area (Å²) >= 11 is 0. The Morgan fingerprint density at radius 2 is 1.55 bits per heavy atom. The van der Waals surface area contributed by atoms with E-state index in [1.54, 1.807) is 6.07 Å². The maximum atomic E-state index is 10.6. The van der Waals surface area contributed by atoms with Gasteiger partial charge in [0.25, 0.3) is 0 Å². The quantitative estimate of drug-likeness (QED) is 0.623. The number of isocyanates is 2. The van der Waals surface area contributed by atoms with Crippen LogP contribution in [-0.2, 0) is 9.59 Å². The average molecular weight is 264 g/mol. The molecule has 2 aromatic carbocycles. The standard InChI is InChI=1S/C16H12N2O2/c1-11-5-3-4-6-13(11)14-7-8-15(17-9-19)16(12(14)2)18-10-20/h3-8H,1-2H3. The summed E-state index contributed by atoms with van der Waals surface area (Å²) in [4.78, 5) is 28.2. The van der Waals surface area contributed by atoms with Crippen LogP contribution in [0.2, 0.25) is 0 Å². The predicted octanol–water partition coefficient (Wildman–Crippen LogP) is 3.91. The SMILES string of the molecule is Cc1ccccc1-c1ccc(N=C=O)c(N=C=O)c1C. The Morgan fingerprint density at radius 3 is 2.20 bits per heavy atom. The molecule has 0 heterocycles. The molecule has 0 fully saturated rings. The van der Waals surface area contributed by atoms with Crippen molar-refractivity contribution in [2.24, 2.45) is 9.98 Å². The smallest absolute Gasteiger partial charge is 0.211 e. The molecule has 20 heavy (non-hydrogen) atoms. The highest BCUT2D eigenvalue weighted by molar-refractivity contribution is 5.82. The molecule has 0 atom stereocenters. The Kier molecular flexibility index (Phi) is 4.02. The zero-order valence-corrected chi connectivity index (χ0v) is 11.2. The van der Waals surface area contributed by atoms with Gasteiger partial charge in [-0.2, -0.15) is 9.98 Å². The van der Waals surface area contributed by atoms with E-state index in [-0.39, 0.29) is 0 Å². The molecular formula is C16H12N2O2. The number of aryl methyl sites for hydroxylation is 1. The molecule has 0 bridgehead atoms. The van der Waals surface area contributed by atoms with E-state index >= 15 is 0 Å². The summed E-state index contributed by atoms with van der Waals surface area (Å²) in [7, 11) is 0. The monoisotopic (exact) mass is 264 g/mol. The minimum absolute atomic E-state index is 0.318. The van der Waals surface area contributed by atoms with Gasteiger partial charge in [0.2, 0.25) is 12.2 Å². The van der Waals surface area contributed by atoms with E-state index in [1.807, 2.05) is 44.2 Å². The highest BCUT2D eigenvalue weighted by atomic mass is 16.1. The topological polar surface area (TPSA) is 58.9 Å². The lowest BCUT2D eigenvalue weighted by atomic mass is 9.95. The molecule has 0 aromatic heterocycles. The molecule has 0 saturated heterocycles. The largest absolute Gasteiger partial charge is 0.240 e. The van der Waals surface area contributed by atoms with Crippen molar-refractivity contribution < 1.29 is 9.59 Å². The minimum atomic E-state index is 0.318. The molecular weight excluding hydrogens is 252 g/mol. The van der Waals surface area contributed by atoms with Gasteiger partial charge < -0.3 is 0 Å². The van der Waals surface area contributed by atoms with Gasteiger partial charge in [-0.25, -0.2) is 9.59 Å². The molecule has 0 aliphatic heterocycles. The zero-order valence-electron chi connectivity index (χ0n) is 11.2. The van der Waals surface area contributed by atoms with Crippen LogP contribution in [0.15, 0.2) is 46.4 Å². The fourth-order valence-corrected chi connectivity index (χ4v) is 2.18. The second-order valence-corrected chi connectivity index (χ2v) is 4.33. The Bertz CT molecular complexity index is 753. The molecule has 0 aliphatic carbocycles. The van der Waals surface area contributed by atoms with Crippen molar-refractivity contribution >= 4 is 23.5 Å². The first-order chi connectivity index (χ1) is 9.69. The van der Waals surface area contributed by atoms with Gasteiger partial charge >= 0.3 is 0 Å². The van der Waals surface area contributed by atoms with E-state index in [0.717, 1.165) is 22.3 Å². The number of hydrogen-bond acceptors (Lipinski definition) is 4. The van der Waals surface area contributed by atoms with Crippen LogP contribution in [-0.4, -0.2) is 12.2 Å². The third-order valence-electron chi connectivity index (χ3n) is 3.17. The predicted molar refractivity (Wildman–Crippen MR) is 76.9 cm³/mol. The Hall–Kier alpha value is -2.80. The highest BCUT2D eigenvalue weighted by Crippen LogP contribution is 2.38. The maximum Gasteiger partial charge on any atom is 0.240 e. The number of hydrogen-bond donors (Lipinski definition) is 0. The van der Waals surface area contributed by atoms with Crippen molar-refractivity contribution in [2.45, 2.75) is 13.8 Å².